The molecule has 1 amide bonds. The zero-order valence-corrected chi connectivity index (χ0v) is 8.78. The first-order valence-corrected chi connectivity index (χ1v) is 4.74. The number of rotatable bonds is 5. The number of nitrogens with zero attached hydrogens (tertiary/aromatic N) is 2. The van der Waals surface area contributed by atoms with Crippen molar-refractivity contribution in [2.24, 2.45) is 22.5 Å². The van der Waals surface area contributed by atoms with Crippen LogP contribution in [0.2, 0.25) is 0 Å². The number of hydrogen-bond acceptors (Lipinski definition) is 4. The van der Waals surface area contributed by atoms with Gasteiger partial charge in [0.25, 0.3) is 0 Å². The standard InChI is InChI=1S/C10H15N5O/c11-10(16)9(15(13)7-14-12)6-8-4-2-1-3-5-8/h1-5,7,9H,6,12-13H2,(H2,11,16)/b14-7-. The number of primary amides is 1. The average molecular weight is 221 g/mol. The van der Waals surface area contributed by atoms with Gasteiger partial charge in [0.15, 0.2) is 0 Å². The predicted molar refractivity (Wildman–Crippen MR) is 61.8 cm³/mol. The van der Waals surface area contributed by atoms with E-state index in [-0.39, 0.29) is 0 Å². The summed E-state index contributed by atoms with van der Waals surface area (Å²) in [6.07, 6.45) is 1.58. The van der Waals surface area contributed by atoms with Gasteiger partial charge in [-0.3, -0.25) is 9.80 Å². The number of carbonyl (C=O) groups excluding carboxylic acids is 1. The van der Waals surface area contributed by atoms with Crippen LogP contribution in [0, 0.1) is 0 Å². The third-order valence-electron chi connectivity index (χ3n) is 2.16. The highest BCUT2D eigenvalue weighted by Gasteiger charge is 2.19. The van der Waals surface area contributed by atoms with E-state index in [1.165, 1.54) is 6.34 Å². The quantitative estimate of drug-likeness (QED) is 0.260. The number of nitrogens with two attached hydrogens (primary N) is 3. The summed E-state index contributed by atoms with van der Waals surface area (Å²) in [5.41, 5.74) is 6.22. The smallest absolute Gasteiger partial charge is 0.242 e. The summed E-state index contributed by atoms with van der Waals surface area (Å²) in [6.45, 7) is 0. The molecular weight excluding hydrogens is 206 g/mol. The molecule has 0 bridgehead atoms. The lowest BCUT2D eigenvalue weighted by Crippen LogP contribution is -2.49. The van der Waals surface area contributed by atoms with E-state index in [9.17, 15) is 4.79 Å². The van der Waals surface area contributed by atoms with Gasteiger partial charge in [-0.05, 0) is 5.56 Å². The van der Waals surface area contributed by atoms with Crippen molar-refractivity contribution in [3.63, 3.8) is 0 Å². The van der Waals surface area contributed by atoms with Crippen molar-refractivity contribution in [2.45, 2.75) is 12.5 Å². The summed E-state index contributed by atoms with van der Waals surface area (Å²) in [5, 5.41) is 4.36. The monoisotopic (exact) mass is 221 g/mol. The largest absolute Gasteiger partial charge is 0.368 e. The second-order valence-corrected chi connectivity index (χ2v) is 3.32. The van der Waals surface area contributed by atoms with Gasteiger partial charge in [-0.15, -0.1) is 0 Å². The minimum atomic E-state index is -0.658. The van der Waals surface area contributed by atoms with E-state index in [0.717, 1.165) is 10.6 Å². The van der Waals surface area contributed by atoms with Crippen molar-refractivity contribution in [1.29, 1.82) is 0 Å². The van der Waals surface area contributed by atoms with Crippen molar-refractivity contribution in [3.8, 4) is 0 Å². The molecule has 6 heteroatoms. The van der Waals surface area contributed by atoms with Crippen LogP contribution in [0.15, 0.2) is 35.4 Å². The number of carbonyl (C=O) groups is 1. The maximum atomic E-state index is 11.2. The highest BCUT2D eigenvalue weighted by Crippen LogP contribution is 2.05. The van der Waals surface area contributed by atoms with E-state index in [1.807, 2.05) is 30.3 Å². The van der Waals surface area contributed by atoms with Crippen LogP contribution in [0.5, 0.6) is 0 Å². The normalized spacial score (nSPS) is 12.6. The third kappa shape index (κ3) is 3.25. The van der Waals surface area contributed by atoms with E-state index in [0.29, 0.717) is 6.42 Å². The van der Waals surface area contributed by atoms with Crippen molar-refractivity contribution in [3.05, 3.63) is 35.9 Å². The highest BCUT2D eigenvalue weighted by molar-refractivity contribution is 5.82. The van der Waals surface area contributed by atoms with Gasteiger partial charge in [0.1, 0.15) is 12.4 Å². The molecule has 0 aromatic heterocycles. The first-order chi connectivity index (χ1) is 7.65. The molecule has 1 aromatic carbocycles. The van der Waals surface area contributed by atoms with Crippen LogP contribution in [0.4, 0.5) is 0 Å². The van der Waals surface area contributed by atoms with E-state index in [1.54, 1.807) is 0 Å². The Kier molecular flexibility index (Phi) is 4.28. The lowest BCUT2D eigenvalue weighted by atomic mass is 10.1. The summed E-state index contributed by atoms with van der Waals surface area (Å²) in [4.78, 5) is 11.2. The fourth-order valence-electron chi connectivity index (χ4n) is 1.35. The summed E-state index contributed by atoms with van der Waals surface area (Å²) in [6, 6.07) is 8.78. The van der Waals surface area contributed by atoms with Gasteiger partial charge >= 0.3 is 0 Å². The van der Waals surface area contributed by atoms with Gasteiger partial charge in [0, 0.05) is 6.42 Å². The van der Waals surface area contributed by atoms with Crippen LogP contribution in [0.1, 0.15) is 5.56 Å². The molecule has 0 fully saturated rings. The molecule has 1 aromatic rings. The number of hydrogen-bond donors (Lipinski definition) is 3. The Bertz CT molecular complexity index is 365. The van der Waals surface area contributed by atoms with Crippen molar-refractivity contribution < 1.29 is 4.79 Å². The van der Waals surface area contributed by atoms with Crippen LogP contribution in [-0.4, -0.2) is 23.3 Å². The molecule has 0 spiro atoms. The Morgan fingerprint density at radius 3 is 2.56 bits per heavy atom. The molecule has 0 radical (unpaired) electrons. The van der Waals surface area contributed by atoms with Crippen molar-refractivity contribution >= 4 is 12.2 Å². The Labute approximate surface area is 93.7 Å². The van der Waals surface area contributed by atoms with E-state index in [4.69, 9.17) is 17.4 Å². The van der Waals surface area contributed by atoms with Gasteiger partial charge in [-0.25, -0.2) is 5.84 Å². The lowest BCUT2D eigenvalue weighted by Gasteiger charge is -2.22. The predicted octanol–water partition coefficient (Wildman–Crippen LogP) is -0.839. The molecule has 6 nitrogen and oxygen atoms in total. The van der Waals surface area contributed by atoms with Gasteiger partial charge in [0.2, 0.25) is 5.91 Å². The maximum absolute atomic E-state index is 11.2. The Morgan fingerprint density at radius 2 is 2.06 bits per heavy atom. The molecule has 86 valence electrons. The molecule has 0 aliphatic rings. The van der Waals surface area contributed by atoms with E-state index >= 15 is 0 Å². The number of benzene rings is 1. The van der Waals surface area contributed by atoms with E-state index in [2.05, 4.69) is 5.10 Å². The Balaban J connectivity index is 2.76. The molecule has 1 atom stereocenters. The average Bonchev–Trinajstić information content (AvgIpc) is 2.27. The molecule has 0 saturated carbocycles. The molecule has 0 heterocycles. The number of amides is 1. The second kappa shape index (κ2) is 5.72. The fraction of sp³-hybridized carbons (Fsp3) is 0.200. The fourth-order valence-corrected chi connectivity index (χ4v) is 1.35. The van der Waals surface area contributed by atoms with Gasteiger partial charge in [0.05, 0.1) is 0 Å². The molecule has 16 heavy (non-hydrogen) atoms. The second-order valence-electron chi connectivity index (χ2n) is 3.32. The lowest BCUT2D eigenvalue weighted by molar-refractivity contribution is -0.121. The van der Waals surface area contributed by atoms with Crippen LogP contribution >= 0.6 is 0 Å². The maximum Gasteiger partial charge on any atom is 0.242 e. The van der Waals surface area contributed by atoms with E-state index < -0.39 is 11.9 Å². The molecule has 0 aliphatic heterocycles. The minimum Gasteiger partial charge on any atom is -0.368 e. The Morgan fingerprint density at radius 1 is 1.44 bits per heavy atom. The van der Waals surface area contributed by atoms with Crippen LogP contribution in [-0.2, 0) is 11.2 Å². The zero-order valence-electron chi connectivity index (χ0n) is 8.78. The first kappa shape index (κ1) is 12.0. The molecule has 6 N–H and O–H groups in total. The zero-order chi connectivity index (χ0) is 12.0. The minimum absolute atomic E-state index is 0.415. The topological polar surface area (TPSA) is 111 Å². The van der Waals surface area contributed by atoms with Crippen LogP contribution in [0.3, 0.4) is 0 Å². The van der Waals surface area contributed by atoms with Crippen LogP contribution in [0.25, 0.3) is 0 Å². The Hall–Kier alpha value is -2.08. The summed E-state index contributed by atoms with van der Waals surface area (Å²) in [5.74, 6) is 10.0. The summed E-state index contributed by atoms with van der Waals surface area (Å²) >= 11 is 0. The SMILES string of the molecule is N/N=C\N(N)C(Cc1ccccc1)C(N)=O. The van der Waals surface area contributed by atoms with Crippen molar-refractivity contribution in [1.82, 2.24) is 5.01 Å². The number of hydrazine groups is 1. The van der Waals surface area contributed by atoms with Gasteiger partial charge < -0.3 is 11.6 Å². The van der Waals surface area contributed by atoms with Crippen LogP contribution < -0.4 is 17.4 Å². The summed E-state index contributed by atoms with van der Waals surface area (Å²) < 4.78 is 0. The molecule has 1 unspecified atom stereocenters. The molecule has 0 saturated heterocycles. The van der Waals surface area contributed by atoms with Gasteiger partial charge in [-0.1, -0.05) is 30.3 Å². The van der Waals surface area contributed by atoms with Gasteiger partial charge in [-0.2, -0.15) is 5.10 Å². The third-order valence-corrected chi connectivity index (χ3v) is 2.16. The summed E-state index contributed by atoms with van der Waals surface area (Å²) in [7, 11) is 0. The number of hydrazone groups is 1. The highest BCUT2D eigenvalue weighted by atomic mass is 16.1. The molecule has 0 aliphatic carbocycles. The van der Waals surface area contributed by atoms with Crippen molar-refractivity contribution in [2.75, 3.05) is 0 Å². The first-order valence-electron chi connectivity index (χ1n) is 4.74. The molecule has 1 rings (SSSR count). The molecular formula is C10H15N5O.